The first kappa shape index (κ1) is 15.0. The van der Waals surface area contributed by atoms with Crippen molar-refractivity contribution in [2.24, 2.45) is 5.41 Å². The van der Waals surface area contributed by atoms with Crippen molar-refractivity contribution in [1.29, 1.82) is 0 Å². The summed E-state index contributed by atoms with van der Waals surface area (Å²) < 4.78 is 0. The second-order valence-corrected chi connectivity index (χ2v) is 6.38. The third-order valence-electron chi connectivity index (χ3n) is 3.50. The Kier molecular flexibility index (Phi) is 4.80. The van der Waals surface area contributed by atoms with Gasteiger partial charge in [-0.05, 0) is 37.3 Å². The van der Waals surface area contributed by atoms with Gasteiger partial charge in [0.1, 0.15) is 0 Å². The van der Waals surface area contributed by atoms with Crippen molar-refractivity contribution in [3.63, 3.8) is 0 Å². The fourth-order valence-corrected chi connectivity index (χ4v) is 2.10. The lowest BCUT2D eigenvalue weighted by Gasteiger charge is -2.29. The molecular weight excluding hydrogens is 222 g/mol. The molecular formula is C16H27NO. The van der Waals surface area contributed by atoms with E-state index in [4.69, 9.17) is 0 Å². The highest BCUT2D eigenvalue weighted by molar-refractivity contribution is 5.53. The summed E-state index contributed by atoms with van der Waals surface area (Å²) in [5, 5.41) is 10.1. The Bertz CT molecular complexity index is 393. The van der Waals surface area contributed by atoms with Gasteiger partial charge in [-0.15, -0.1) is 0 Å². The summed E-state index contributed by atoms with van der Waals surface area (Å²) in [7, 11) is 2.09. The molecule has 2 heteroatoms. The summed E-state index contributed by atoms with van der Waals surface area (Å²) in [5.41, 5.74) is 3.80. The van der Waals surface area contributed by atoms with Crippen molar-refractivity contribution in [2.45, 2.75) is 47.1 Å². The zero-order valence-electron chi connectivity index (χ0n) is 12.6. The lowest BCUT2D eigenvalue weighted by Crippen LogP contribution is -2.31. The number of hydrogen-bond donors (Lipinski definition) is 1. The number of benzene rings is 1. The Morgan fingerprint density at radius 2 is 1.83 bits per heavy atom. The molecule has 2 nitrogen and oxygen atoms in total. The molecule has 18 heavy (non-hydrogen) atoms. The predicted molar refractivity (Wildman–Crippen MR) is 79.3 cm³/mol. The maximum atomic E-state index is 10.1. The molecule has 0 spiro atoms. The fraction of sp³-hybridized carbons (Fsp3) is 0.625. The maximum Gasteiger partial charge on any atom is 0.0605 e. The summed E-state index contributed by atoms with van der Waals surface area (Å²) >= 11 is 0. The molecule has 1 unspecified atom stereocenters. The van der Waals surface area contributed by atoms with E-state index in [-0.39, 0.29) is 11.5 Å². The van der Waals surface area contributed by atoms with Crippen LogP contribution in [-0.2, 0) is 0 Å². The molecule has 1 N–H and O–H groups in total. The summed E-state index contributed by atoms with van der Waals surface area (Å²) in [4.78, 5) is 2.23. The molecule has 0 saturated carbocycles. The van der Waals surface area contributed by atoms with Crippen molar-refractivity contribution in [1.82, 2.24) is 0 Å². The zero-order valence-corrected chi connectivity index (χ0v) is 12.6. The second-order valence-electron chi connectivity index (χ2n) is 6.38. The summed E-state index contributed by atoms with van der Waals surface area (Å²) in [6.45, 7) is 11.4. The topological polar surface area (TPSA) is 23.5 Å². The number of rotatable bonds is 4. The Labute approximate surface area is 112 Å². The average molecular weight is 249 g/mol. The molecule has 1 atom stereocenters. The molecule has 1 rings (SSSR count). The highest BCUT2D eigenvalue weighted by atomic mass is 16.3. The van der Waals surface area contributed by atoms with Crippen LogP contribution in [0.3, 0.4) is 0 Å². The summed E-state index contributed by atoms with van der Waals surface area (Å²) in [6.07, 6.45) is 0.540. The number of hydrogen-bond acceptors (Lipinski definition) is 2. The third-order valence-corrected chi connectivity index (χ3v) is 3.50. The SMILES string of the molecule is Cc1ccc(N(C)CCC(O)C(C)(C)C)c(C)c1. The predicted octanol–water partition coefficient (Wildman–Crippen LogP) is 3.54. The number of anilines is 1. The Balaban J connectivity index is 2.63. The molecule has 102 valence electrons. The zero-order chi connectivity index (χ0) is 13.9. The minimum absolute atomic E-state index is 0.0385. The molecule has 1 aromatic carbocycles. The molecule has 0 radical (unpaired) electrons. The quantitative estimate of drug-likeness (QED) is 0.882. The number of nitrogens with zero attached hydrogens (tertiary/aromatic N) is 1. The van der Waals surface area contributed by atoms with Crippen LogP contribution in [0.5, 0.6) is 0 Å². The second kappa shape index (κ2) is 5.75. The Hall–Kier alpha value is -1.02. The van der Waals surface area contributed by atoms with Crippen LogP contribution in [0.15, 0.2) is 18.2 Å². The fourth-order valence-electron chi connectivity index (χ4n) is 2.10. The largest absolute Gasteiger partial charge is 0.393 e. The maximum absolute atomic E-state index is 10.1. The number of aryl methyl sites for hydroxylation is 2. The highest BCUT2D eigenvalue weighted by Crippen LogP contribution is 2.24. The van der Waals surface area contributed by atoms with E-state index in [1.165, 1.54) is 16.8 Å². The molecule has 0 aromatic heterocycles. The van der Waals surface area contributed by atoms with Gasteiger partial charge >= 0.3 is 0 Å². The number of aliphatic hydroxyl groups is 1. The van der Waals surface area contributed by atoms with E-state index in [0.717, 1.165) is 13.0 Å². The van der Waals surface area contributed by atoms with Crippen LogP contribution in [0.2, 0.25) is 0 Å². The molecule has 1 aromatic rings. The van der Waals surface area contributed by atoms with E-state index < -0.39 is 0 Å². The minimum atomic E-state index is -0.259. The summed E-state index contributed by atoms with van der Waals surface area (Å²) in [6, 6.07) is 6.50. The standard InChI is InChI=1S/C16H27NO/c1-12-7-8-14(13(2)11-12)17(6)10-9-15(18)16(3,4)5/h7-8,11,15,18H,9-10H2,1-6H3. The van der Waals surface area contributed by atoms with Gasteiger partial charge in [0.05, 0.1) is 6.10 Å². The lowest BCUT2D eigenvalue weighted by atomic mass is 9.87. The van der Waals surface area contributed by atoms with Gasteiger partial charge in [0.15, 0.2) is 0 Å². The van der Waals surface area contributed by atoms with Gasteiger partial charge in [-0.2, -0.15) is 0 Å². The van der Waals surface area contributed by atoms with Crippen molar-refractivity contribution in [3.05, 3.63) is 29.3 Å². The van der Waals surface area contributed by atoms with E-state index >= 15 is 0 Å². The van der Waals surface area contributed by atoms with Crippen LogP contribution in [-0.4, -0.2) is 24.8 Å². The van der Waals surface area contributed by atoms with Gasteiger partial charge in [0, 0.05) is 19.3 Å². The molecule has 0 fully saturated rings. The van der Waals surface area contributed by atoms with E-state index in [9.17, 15) is 5.11 Å². The molecule has 0 aliphatic heterocycles. The van der Waals surface area contributed by atoms with Gasteiger partial charge in [-0.25, -0.2) is 0 Å². The van der Waals surface area contributed by atoms with Crippen molar-refractivity contribution >= 4 is 5.69 Å². The van der Waals surface area contributed by atoms with Crippen molar-refractivity contribution < 1.29 is 5.11 Å². The van der Waals surface area contributed by atoms with Crippen LogP contribution in [0.25, 0.3) is 0 Å². The first-order valence-corrected chi connectivity index (χ1v) is 6.68. The average Bonchev–Trinajstić information content (AvgIpc) is 2.24. The molecule has 0 aliphatic carbocycles. The van der Waals surface area contributed by atoms with Crippen LogP contribution in [0, 0.1) is 19.3 Å². The minimum Gasteiger partial charge on any atom is -0.393 e. The normalized spacial score (nSPS) is 13.5. The number of aliphatic hydroxyl groups excluding tert-OH is 1. The van der Waals surface area contributed by atoms with E-state index in [0.29, 0.717) is 0 Å². The van der Waals surface area contributed by atoms with Crippen LogP contribution < -0.4 is 4.90 Å². The van der Waals surface area contributed by atoms with E-state index in [1.807, 2.05) is 0 Å². The first-order valence-electron chi connectivity index (χ1n) is 6.68. The monoisotopic (exact) mass is 249 g/mol. The smallest absolute Gasteiger partial charge is 0.0605 e. The Morgan fingerprint density at radius 1 is 1.22 bits per heavy atom. The van der Waals surface area contributed by atoms with Crippen molar-refractivity contribution in [3.8, 4) is 0 Å². The van der Waals surface area contributed by atoms with E-state index in [2.05, 4.69) is 64.8 Å². The van der Waals surface area contributed by atoms with Crippen LogP contribution in [0.4, 0.5) is 5.69 Å². The highest BCUT2D eigenvalue weighted by Gasteiger charge is 2.22. The molecule has 0 heterocycles. The third kappa shape index (κ3) is 4.02. The molecule has 0 amide bonds. The molecule has 0 aliphatic rings. The van der Waals surface area contributed by atoms with Crippen LogP contribution in [0.1, 0.15) is 38.3 Å². The van der Waals surface area contributed by atoms with Gasteiger partial charge in [-0.3, -0.25) is 0 Å². The van der Waals surface area contributed by atoms with Gasteiger partial charge < -0.3 is 10.0 Å². The molecule has 0 bridgehead atoms. The van der Waals surface area contributed by atoms with E-state index in [1.54, 1.807) is 0 Å². The van der Waals surface area contributed by atoms with Crippen molar-refractivity contribution in [2.75, 3.05) is 18.5 Å². The lowest BCUT2D eigenvalue weighted by molar-refractivity contribution is 0.0576. The van der Waals surface area contributed by atoms with Gasteiger partial charge in [-0.1, -0.05) is 38.5 Å². The Morgan fingerprint density at radius 3 is 2.33 bits per heavy atom. The van der Waals surface area contributed by atoms with Gasteiger partial charge in [0.2, 0.25) is 0 Å². The van der Waals surface area contributed by atoms with Crippen LogP contribution >= 0.6 is 0 Å². The van der Waals surface area contributed by atoms with Gasteiger partial charge in [0.25, 0.3) is 0 Å². The molecule has 0 saturated heterocycles. The first-order chi connectivity index (χ1) is 8.21. The summed E-state index contributed by atoms with van der Waals surface area (Å²) in [5.74, 6) is 0.